The van der Waals surface area contributed by atoms with Crippen LogP contribution in [0.2, 0.25) is 0 Å². The second-order valence-corrected chi connectivity index (χ2v) is 15.8. The zero-order valence-electron chi connectivity index (χ0n) is 34.7. The van der Waals surface area contributed by atoms with Gasteiger partial charge in [0.2, 0.25) is 5.91 Å². The molecule has 15 heteroatoms. The molecule has 8 rings (SSSR count). The van der Waals surface area contributed by atoms with Crippen LogP contribution in [0.3, 0.4) is 0 Å². The third kappa shape index (κ3) is 8.92. The van der Waals surface area contributed by atoms with Gasteiger partial charge in [0.15, 0.2) is 5.78 Å². The van der Waals surface area contributed by atoms with Gasteiger partial charge in [0, 0.05) is 31.5 Å². The largest absolute Gasteiger partial charge is 0.453 e. The lowest BCUT2D eigenvalue weighted by Crippen LogP contribution is -2.42. The first-order valence-corrected chi connectivity index (χ1v) is 20.7. The molecular weight excluding hydrogens is 789 g/mol. The van der Waals surface area contributed by atoms with Crippen molar-refractivity contribution in [2.75, 3.05) is 33.9 Å². The SMILES string of the molecule is COC(=O)NCC(C)CC(=O)N1CC(=O)CC1c1ncc(-c2ccc(-c3ccc4cc(-c5cnc(C6CCCN6C(=O)C(NC(=O)OC)c6ccccc6)[nH]5)ccc4c3)cc2)[nH]1. The number of likely N-dealkylation sites (tertiary alicyclic amines) is 2. The standard InChI is InChI=1S/C47H48N8O7/c1-28(24-50-46(59)61-2)20-41(57)55-27-36(56)23-40(55)44-49-25-37(51-44)30-13-11-29(12-14-30)32-15-16-34-22-35(18-17-33(34)21-32)38-26-48-43(52-38)39-10-7-19-54(39)45(58)42(53-47(60)62-3)31-8-5-4-6-9-31/h4-6,8-9,11-18,21-22,25-26,28,39-40,42H,7,10,19-20,23-24,27H2,1-3H3,(H,48,52)(H,49,51)(H,50,59)(H,53,60). The molecule has 2 aliphatic heterocycles. The predicted octanol–water partition coefficient (Wildman–Crippen LogP) is 7.27. The Morgan fingerprint density at radius 3 is 2.06 bits per heavy atom. The molecule has 0 spiro atoms. The van der Waals surface area contributed by atoms with E-state index in [0.717, 1.165) is 57.3 Å². The number of aromatic nitrogens is 4. The molecule has 2 saturated heterocycles. The highest BCUT2D eigenvalue weighted by molar-refractivity contribution is 5.92. The van der Waals surface area contributed by atoms with Gasteiger partial charge in [0.25, 0.3) is 5.91 Å². The maximum atomic E-state index is 13.9. The van der Waals surface area contributed by atoms with Gasteiger partial charge in [-0.3, -0.25) is 14.4 Å². The lowest BCUT2D eigenvalue weighted by atomic mass is 9.98. The van der Waals surface area contributed by atoms with Crippen LogP contribution in [-0.2, 0) is 23.9 Å². The van der Waals surface area contributed by atoms with E-state index in [1.807, 2.05) is 49.4 Å². The number of nitrogens with zero attached hydrogens (tertiary/aromatic N) is 4. The number of alkyl carbamates (subject to hydrolysis) is 2. The Balaban J connectivity index is 0.928. The Kier molecular flexibility index (Phi) is 12.1. The zero-order chi connectivity index (χ0) is 43.3. The van der Waals surface area contributed by atoms with Crippen LogP contribution < -0.4 is 10.6 Å². The lowest BCUT2D eigenvalue weighted by molar-refractivity contribution is -0.135. The Labute approximate surface area is 358 Å². The van der Waals surface area contributed by atoms with Crippen LogP contribution in [0.1, 0.15) is 67.9 Å². The van der Waals surface area contributed by atoms with Gasteiger partial charge >= 0.3 is 12.2 Å². The Bertz CT molecular complexity index is 2610. The first-order valence-electron chi connectivity index (χ1n) is 20.7. The van der Waals surface area contributed by atoms with Gasteiger partial charge in [-0.2, -0.15) is 0 Å². The molecule has 4 unspecified atom stereocenters. The molecule has 0 bridgehead atoms. The number of carbonyl (C=O) groups is 5. The van der Waals surface area contributed by atoms with Crippen molar-refractivity contribution in [3.63, 3.8) is 0 Å². The second kappa shape index (κ2) is 18.1. The van der Waals surface area contributed by atoms with E-state index in [0.29, 0.717) is 23.8 Å². The third-order valence-corrected chi connectivity index (χ3v) is 11.6. The van der Waals surface area contributed by atoms with Crippen molar-refractivity contribution in [1.82, 2.24) is 40.4 Å². The molecule has 2 aliphatic rings. The maximum Gasteiger partial charge on any atom is 0.407 e. The average molecular weight is 837 g/mol. The van der Waals surface area contributed by atoms with Crippen LogP contribution in [0, 0.1) is 5.92 Å². The van der Waals surface area contributed by atoms with Gasteiger partial charge in [-0.1, -0.05) is 85.8 Å². The van der Waals surface area contributed by atoms with Gasteiger partial charge in [-0.25, -0.2) is 19.6 Å². The lowest BCUT2D eigenvalue weighted by Gasteiger charge is -2.28. The number of rotatable bonds is 12. The molecule has 0 radical (unpaired) electrons. The summed E-state index contributed by atoms with van der Waals surface area (Å²) >= 11 is 0. The number of methoxy groups -OCH3 is 2. The summed E-state index contributed by atoms with van der Waals surface area (Å²) in [5.74, 6) is 0.690. The minimum atomic E-state index is -0.889. The molecule has 2 fully saturated rings. The molecule has 6 aromatic rings. The summed E-state index contributed by atoms with van der Waals surface area (Å²) in [5, 5.41) is 7.46. The van der Waals surface area contributed by atoms with Gasteiger partial charge in [0.05, 0.1) is 56.6 Å². The fraction of sp³-hybridized carbons (Fsp3) is 0.298. The third-order valence-electron chi connectivity index (χ3n) is 11.6. The van der Waals surface area contributed by atoms with E-state index in [1.165, 1.54) is 14.2 Å². The van der Waals surface area contributed by atoms with Crippen LogP contribution in [0.25, 0.3) is 44.4 Å². The molecule has 2 aromatic heterocycles. The number of hydrogen-bond donors (Lipinski definition) is 4. The summed E-state index contributed by atoms with van der Waals surface area (Å²) in [5.41, 5.74) is 6.28. The van der Waals surface area contributed by atoms with E-state index in [-0.39, 0.29) is 55.5 Å². The summed E-state index contributed by atoms with van der Waals surface area (Å²) in [7, 11) is 2.56. The van der Waals surface area contributed by atoms with E-state index in [9.17, 15) is 24.0 Å². The van der Waals surface area contributed by atoms with Crippen molar-refractivity contribution >= 4 is 40.6 Å². The fourth-order valence-corrected chi connectivity index (χ4v) is 8.35. The normalized spacial score (nSPS) is 17.2. The van der Waals surface area contributed by atoms with Gasteiger partial charge in [-0.15, -0.1) is 0 Å². The monoisotopic (exact) mass is 836 g/mol. The number of ether oxygens (including phenoxy) is 2. The van der Waals surface area contributed by atoms with Crippen LogP contribution in [0.5, 0.6) is 0 Å². The van der Waals surface area contributed by atoms with Crippen molar-refractivity contribution < 1.29 is 33.4 Å². The molecule has 4 atom stereocenters. The zero-order valence-corrected chi connectivity index (χ0v) is 34.7. The number of H-pyrrole nitrogens is 2. The van der Waals surface area contributed by atoms with Crippen LogP contribution in [-0.4, -0.2) is 93.4 Å². The Morgan fingerprint density at radius 2 is 1.37 bits per heavy atom. The number of aromatic amines is 2. The Morgan fingerprint density at radius 1 is 0.758 bits per heavy atom. The summed E-state index contributed by atoms with van der Waals surface area (Å²) < 4.78 is 9.44. The first-order chi connectivity index (χ1) is 30.1. The number of benzene rings is 4. The maximum absolute atomic E-state index is 13.9. The molecule has 4 amide bonds. The predicted molar refractivity (Wildman–Crippen MR) is 231 cm³/mol. The molecule has 4 N–H and O–H groups in total. The molecule has 0 saturated carbocycles. The van der Waals surface area contributed by atoms with Gasteiger partial charge in [0.1, 0.15) is 17.7 Å². The smallest absolute Gasteiger partial charge is 0.407 e. The molecule has 4 aromatic carbocycles. The molecule has 15 nitrogen and oxygen atoms in total. The molecule has 0 aliphatic carbocycles. The van der Waals surface area contributed by atoms with Crippen molar-refractivity contribution in [2.24, 2.45) is 5.92 Å². The van der Waals surface area contributed by atoms with E-state index < -0.39 is 24.3 Å². The number of amides is 4. The highest BCUT2D eigenvalue weighted by atomic mass is 16.5. The molecule has 4 heterocycles. The van der Waals surface area contributed by atoms with Crippen molar-refractivity contribution in [3.8, 4) is 33.6 Å². The summed E-state index contributed by atoms with van der Waals surface area (Å²) in [4.78, 5) is 82.9. The number of ketones is 1. The Hall–Kier alpha value is -7.29. The van der Waals surface area contributed by atoms with Gasteiger partial charge < -0.3 is 39.9 Å². The number of carbonyl (C=O) groups excluding carboxylic acids is 5. The quantitative estimate of drug-likeness (QED) is 0.0982. The van der Waals surface area contributed by atoms with E-state index in [2.05, 4.69) is 78.9 Å². The van der Waals surface area contributed by atoms with Crippen molar-refractivity contribution in [1.29, 1.82) is 0 Å². The minimum absolute atomic E-state index is 0.0280. The van der Waals surface area contributed by atoms with Crippen molar-refractivity contribution in [3.05, 3.63) is 121 Å². The minimum Gasteiger partial charge on any atom is -0.453 e. The highest BCUT2D eigenvalue weighted by Crippen LogP contribution is 2.36. The average Bonchev–Trinajstić information content (AvgIpc) is 4.14. The number of nitrogens with one attached hydrogen (secondary N) is 4. The molecule has 62 heavy (non-hydrogen) atoms. The van der Waals surface area contributed by atoms with Crippen molar-refractivity contribution in [2.45, 2.75) is 50.7 Å². The number of fused-ring (bicyclic) bond motifs is 1. The van der Waals surface area contributed by atoms with Gasteiger partial charge in [-0.05, 0) is 63.9 Å². The summed E-state index contributed by atoms with van der Waals surface area (Å²) in [6.07, 6.45) is 4.21. The van der Waals surface area contributed by atoms with E-state index in [4.69, 9.17) is 9.72 Å². The number of hydrogen-bond acceptors (Lipinski definition) is 9. The summed E-state index contributed by atoms with van der Waals surface area (Å²) in [6.45, 7) is 2.71. The summed E-state index contributed by atoms with van der Waals surface area (Å²) in [6, 6.07) is 28.3. The second-order valence-electron chi connectivity index (χ2n) is 15.8. The molecule has 318 valence electrons. The number of Topliss-reactive ketones (excluding diaryl/α,β-unsaturated/α-hetero) is 1. The first kappa shape index (κ1) is 41.4. The number of imidazole rings is 2. The van der Waals surface area contributed by atoms with Crippen LogP contribution in [0.4, 0.5) is 9.59 Å². The van der Waals surface area contributed by atoms with E-state index in [1.54, 1.807) is 22.2 Å². The highest BCUT2D eigenvalue weighted by Gasteiger charge is 2.38. The molecular formula is C47H48N8O7. The topological polar surface area (TPSA) is 192 Å². The van der Waals surface area contributed by atoms with Crippen LogP contribution in [0.15, 0.2) is 103 Å². The van der Waals surface area contributed by atoms with E-state index >= 15 is 0 Å². The fourth-order valence-electron chi connectivity index (χ4n) is 8.35. The van der Waals surface area contributed by atoms with Crippen LogP contribution >= 0.6 is 0 Å².